The minimum absolute atomic E-state index is 0.377. The number of ether oxygens (including phenoxy) is 1. The molecule has 1 aromatic heterocycles. The predicted octanol–water partition coefficient (Wildman–Crippen LogP) is 3.90. The van der Waals surface area contributed by atoms with Crippen molar-refractivity contribution < 1.29 is 14.3 Å². The molecule has 1 aromatic carbocycles. The summed E-state index contributed by atoms with van der Waals surface area (Å²) in [5, 5.41) is 12.7. The average Bonchev–Trinajstić information content (AvgIpc) is 2.96. The molecule has 25 heavy (non-hydrogen) atoms. The summed E-state index contributed by atoms with van der Waals surface area (Å²) in [5.41, 5.74) is 2.02. The molecular weight excluding hydrogens is 451 g/mol. The summed E-state index contributed by atoms with van der Waals surface area (Å²) >= 11 is 3.56. The number of hydrogen-bond acceptors (Lipinski definition) is 5. The zero-order valence-electron chi connectivity index (χ0n) is 13.3. The van der Waals surface area contributed by atoms with E-state index in [4.69, 9.17) is 4.74 Å². The van der Waals surface area contributed by atoms with Crippen LogP contribution in [-0.2, 0) is 22.4 Å². The van der Waals surface area contributed by atoms with Gasteiger partial charge < -0.3 is 10.1 Å². The largest absolute Gasteiger partial charge is 0.452 e. The number of rotatable bonds is 4. The topological polar surface area (TPSA) is 79.2 Å². The van der Waals surface area contributed by atoms with Gasteiger partial charge in [0.2, 0.25) is 0 Å². The second-order valence-electron chi connectivity index (χ2n) is 5.66. The van der Waals surface area contributed by atoms with E-state index in [-0.39, 0.29) is 6.61 Å². The van der Waals surface area contributed by atoms with Crippen molar-refractivity contribution in [2.75, 3.05) is 11.9 Å². The molecule has 0 bridgehead atoms. The van der Waals surface area contributed by atoms with Crippen LogP contribution in [0.3, 0.4) is 0 Å². The number of nitrogens with one attached hydrogen (secondary N) is 1. The van der Waals surface area contributed by atoms with E-state index in [0.29, 0.717) is 16.1 Å². The number of amides is 1. The zero-order valence-corrected chi connectivity index (χ0v) is 16.3. The number of carbonyl (C=O) groups excluding carboxylic acids is 2. The summed E-state index contributed by atoms with van der Waals surface area (Å²) in [6.45, 7) is -0.377. The van der Waals surface area contributed by atoms with Gasteiger partial charge in [0.05, 0.1) is 11.1 Å². The number of hydrogen-bond donors (Lipinski definition) is 1. The summed E-state index contributed by atoms with van der Waals surface area (Å²) in [4.78, 5) is 25.3. The Hall–Kier alpha value is -1.92. The normalized spacial score (nSPS) is 12.8. The van der Waals surface area contributed by atoms with Crippen molar-refractivity contribution in [2.45, 2.75) is 25.7 Å². The Kier molecular flexibility index (Phi) is 5.71. The first-order valence-electron chi connectivity index (χ1n) is 7.85. The average molecular weight is 466 g/mol. The summed E-state index contributed by atoms with van der Waals surface area (Å²) in [6.07, 6.45) is 4.01. The molecule has 0 fully saturated rings. The highest BCUT2D eigenvalue weighted by Crippen LogP contribution is 2.37. The van der Waals surface area contributed by atoms with Crippen molar-refractivity contribution in [1.82, 2.24) is 0 Å². The summed E-state index contributed by atoms with van der Waals surface area (Å²) < 4.78 is 5.98. The number of anilines is 1. The first-order valence-corrected chi connectivity index (χ1v) is 9.75. The molecule has 128 valence electrons. The van der Waals surface area contributed by atoms with Crippen molar-refractivity contribution in [1.29, 1.82) is 5.26 Å². The van der Waals surface area contributed by atoms with Crippen LogP contribution in [0.25, 0.3) is 0 Å². The van der Waals surface area contributed by atoms with Crippen LogP contribution >= 0.6 is 33.9 Å². The summed E-state index contributed by atoms with van der Waals surface area (Å²) in [7, 11) is 0. The Balaban J connectivity index is 1.63. The molecule has 1 amide bonds. The van der Waals surface area contributed by atoms with Crippen molar-refractivity contribution in [3.63, 3.8) is 0 Å². The van der Waals surface area contributed by atoms with E-state index in [1.807, 2.05) is 6.07 Å². The predicted molar refractivity (Wildman–Crippen MR) is 104 cm³/mol. The van der Waals surface area contributed by atoms with E-state index in [9.17, 15) is 14.9 Å². The first-order chi connectivity index (χ1) is 12.1. The van der Waals surface area contributed by atoms with Gasteiger partial charge in [-0.05, 0) is 72.0 Å². The lowest BCUT2D eigenvalue weighted by atomic mass is 9.96. The molecule has 5 nitrogen and oxygen atoms in total. The van der Waals surface area contributed by atoms with Crippen LogP contribution in [0.15, 0.2) is 24.3 Å². The molecule has 0 spiro atoms. The van der Waals surface area contributed by atoms with E-state index in [1.165, 1.54) is 16.2 Å². The van der Waals surface area contributed by atoms with Crippen LogP contribution in [0.5, 0.6) is 0 Å². The lowest BCUT2D eigenvalue weighted by Gasteiger charge is -2.09. The van der Waals surface area contributed by atoms with E-state index in [1.54, 1.807) is 18.2 Å². The molecule has 1 aliphatic carbocycles. The molecule has 0 saturated carbocycles. The molecule has 0 radical (unpaired) electrons. The standard InChI is InChI=1S/C18H15IN2O3S/c19-12-5-3-4-11(8-12)18(23)24-10-16(22)21-17-14(9-20)13-6-1-2-7-15(13)25-17/h3-5,8H,1-2,6-7,10H2,(H,21,22). The molecule has 0 atom stereocenters. The second-order valence-corrected chi connectivity index (χ2v) is 8.01. The number of esters is 1. The van der Waals surface area contributed by atoms with Gasteiger partial charge in [0.25, 0.3) is 5.91 Å². The lowest BCUT2D eigenvalue weighted by molar-refractivity contribution is -0.119. The van der Waals surface area contributed by atoms with E-state index < -0.39 is 11.9 Å². The molecule has 1 heterocycles. The van der Waals surface area contributed by atoms with Gasteiger partial charge >= 0.3 is 5.97 Å². The quantitative estimate of drug-likeness (QED) is 0.548. The lowest BCUT2D eigenvalue weighted by Crippen LogP contribution is -2.21. The minimum atomic E-state index is -0.542. The van der Waals surface area contributed by atoms with Crippen LogP contribution < -0.4 is 5.32 Å². The maximum absolute atomic E-state index is 12.1. The van der Waals surface area contributed by atoms with Crippen LogP contribution in [-0.4, -0.2) is 18.5 Å². The number of aryl methyl sites for hydroxylation is 1. The molecule has 3 rings (SSSR count). The first kappa shape index (κ1) is 17.9. The van der Waals surface area contributed by atoms with Crippen molar-refractivity contribution in [3.8, 4) is 6.07 Å². The molecule has 7 heteroatoms. The third-order valence-corrected chi connectivity index (χ3v) is 5.81. The fourth-order valence-corrected chi connectivity index (χ4v) is 4.56. The van der Waals surface area contributed by atoms with E-state index in [2.05, 4.69) is 34.0 Å². The molecule has 0 aliphatic heterocycles. The van der Waals surface area contributed by atoms with Crippen LogP contribution in [0.1, 0.15) is 39.2 Å². The van der Waals surface area contributed by atoms with Gasteiger partial charge in [0, 0.05) is 8.45 Å². The highest BCUT2D eigenvalue weighted by molar-refractivity contribution is 14.1. The fourth-order valence-electron chi connectivity index (χ4n) is 2.76. The highest BCUT2D eigenvalue weighted by atomic mass is 127. The fraction of sp³-hybridized carbons (Fsp3) is 0.278. The van der Waals surface area contributed by atoms with Crippen LogP contribution in [0.4, 0.5) is 5.00 Å². The van der Waals surface area contributed by atoms with Crippen molar-refractivity contribution >= 4 is 50.8 Å². The van der Waals surface area contributed by atoms with Gasteiger partial charge in [-0.15, -0.1) is 11.3 Å². The Morgan fingerprint density at radius 1 is 1.32 bits per heavy atom. The molecule has 0 unspecified atom stereocenters. The maximum atomic E-state index is 12.1. The number of fused-ring (bicyclic) bond motifs is 1. The smallest absolute Gasteiger partial charge is 0.338 e. The number of thiophene rings is 1. The number of nitrogens with zero attached hydrogens (tertiary/aromatic N) is 1. The number of benzene rings is 1. The highest BCUT2D eigenvalue weighted by Gasteiger charge is 2.22. The SMILES string of the molecule is N#Cc1c(NC(=O)COC(=O)c2cccc(I)c2)sc2c1CCCC2. The Morgan fingerprint density at radius 2 is 2.12 bits per heavy atom. The third kappa shape index (κ3) is 4.19. The molecule has 1 N–H and O–H groups in total. The molecule has 1 aliphatic rings. The van der Waals surface area contributed by atoms with Gasteiger partial charge in [-0.1, -0.05) is 6.07 Å². The van der Waals surface area contributed by atoms with Gasteiger partial charge in [-0.3, -0.25) is 4.79 Å². The Morgan fingerprint density at radius 3 is 2.88 bits per heavy atom. The van der Waals surface area contributed by atoms with E-state index >= 15 is 0 Å². The van der Waals surface area contributed by atoms with E-state index in [0.717, 1.165) is 34.8 Å². The minimum Gasteiger partial charge on any atom is -0.452 e. The van der Waals surface area contributed by atoms with Crippen molar-refractivity contribution in [2.24, 2.45) is 0 Å². The van der Waals surface area contributed by atoms with Crippen LogP contribution in [0, 0.1) is 14.9 Å². The number of carbonyl (C=O) groups is 2. The number of halogens is 1. The number of nitriles is 1. The molecule has 2 aromatic rings. The monoisotopic (exact) mass is 466 g/mol. The second kappa shape index (κ2) is 7.97. The van der Waals surface area contributed by atoms with Gasteiger partial charge in [0.1, 0.15) is 11.1 Å². The zero-order chi connectivity index (χ0) is 17.8. The maximum Gasteiger partial charge on any atom is 0.338 e. The van der Waals surface area contributed by atoms with Crippen LogP contribution in [0.2, 0.25) is 0 Å². The Labute approximate surface area is 163 Å². The third-order valence-electron chi connectivity index (χ3n) is 3.93. The molecule has 0 saturated heterocycles. The molecular formula is C18H15IN2O3S. The van der Waals surface area contributed by atoms with Gasteiger partial charge in [-0.2, -0.15) is 5.26 Å². The van der Waals surface area contributed by atoms with Gasteiger partial charge in [-0.25, -0.2) is 4.79 Å². The van der Waals surface area contributed by atoms with Gasteiger partial charge in [0.15, 0.2) is 6.61 Å². The Bertz CT molecular complexity index is 870. The summed E-state index contributed by atoms with van der Waals surface area (Å²) in [5.74, 6) is -0.978. The van der Waals surface area contributed by atoms with Crippen molar-refractivity contribution in [3.05, 3.63) is 49.4 Å². The summed E-state index contributed by atoms with van der Waals surface area (Å²) in [6, 6.07) is 9.16.